The molecule has 0 spiro atoms. The number of phenolic OH excluding ortho intramolecular Hbond substituents is 1. The van der Waals surface area contributed by atoms with Crippen molar-refractivity contribution in [2.45, 2.75) is 77.0 Å². The van der Waals surface area contributed by atoms with E-state index >= 15 is 0 Å². The number of fused-ring (bicyclic) bond motifs is 1. The fraction of sp³-hybridized carbons (Fsp3) is 0.462. The predicted molar refractivity (Wildman–Crippen MR) is 143 cm³/mol. The molecule has 35 heavy (non-hydrogen) atoms. The number of urea groups is 1. The standard InChI is InChI=1S/C19H23N3O.C7H13BrN2O2/c1-5-8-13-11-14(19(2,3)4)18(23)17(12-13)22-20-15-9-6-7-10-16(15)21-22;1-3-7(8,4-2)5(11)10-6(9)12/h6-7,9-12,23H,5,8H2,1-4H3;3-4H2,1-2H3,(H3,9,10,11,12). The summed E-state index contributed by atoms with van der Waals surface area (Å²) in [6, 6.07) is 11.0. The number of carbonyl (C=O) groups excluding carboxylic acids is 2. The average molecular weight is 547 g/mol. The second kappa shape index (κ2) is 11.7. The molecule has 1 heterocycles. The number of aromatic nitrogens is 3. The molecule has 190 valence electrons. The van der Waals surface area contributed by atoms with Gasteiger partial charge in [0.1, 0.15) is 26.8 Å². The van der Waals surface area contributed by atoms with Gasteiger partial charge in [-0.2, -0.15) is 0 Å². The number of primary amides is 1. The van der Waals surface area contributed by atoms with Crippen molar-refractivity contribution in [1.82, 2.24) is 20.3 Å². The molecule has 0 unspecified atom stereocenters. The van der Waals surface area contributed by atoms with Crippen molar-refractivity contribution < 1.29 is 14.7 Å². The second-order valence-electron chi connectivity index (χ2n) is 9.48. The van der Waals surface area contributed by atoms with Crippen LogP contribution >= 0.6 is 15.9 Å². The van der Waals surface area contributed by atoms with Gasteiger partial charge < -0.3 is 10.8 Å². The van der Waals surface area contributed by atoms with Crippen LogP contribution in [-0.2, 0) is 16.6 Å². The van der Waals surface area contributed by atoms with E-state index in [2.05, 4.69) is 59.9 Å². The van der Waals surface area contributed by atoms with Crippen molar-refractivity contribution in [2.75, 3.05) is 0 Å². The summed E-state index contributed by atoms with van der Waals surface area (Å²) in [5.41, 5.74) is 9.09. The number of halogens is 1. The van der Waals surface area contributed by atoms with E-state index in [1.807, 2.05) is 49.5 Å². The molecule has 0 fully saturated rings. The van der Waals surface area contributed by atoms with Crippen LogP contribution in [0.25, 0.3) is 16.7 Å². The van der Waals surface area contributed by atoms with Crippen molar-refractivity contribution >= 4 is 38.9 Å². The summed E-state index contributed by atoms with van der Waals surface area (Å²) in [6.45, 7) is 12.2. The molecule has 1 aromatic heterocycles. The zero-order valence-electron chi connectivity index (χ0n) is 21.4. The van der Waals surface area contributed by atoms with Crippen LogP contribution < -0.4 is 11.1 Å². The van der Waals surface area contributed by atoms with Gasteiger partial charge in [0, 0.05) is 5.56 Å². The molecule has 2 aromatic carbocycles. The largest absolute Gasteiger partial charge is 0.505 e. The second-order valence-corrected chi connectivity index (χ2v) is 11.0. The van der Waals surface area contributed by atoms with Crippen LogP contribution in [-0.4, -0.2) is 36.4 Å². The fourth-order valence-corrected chi connectivity index (χ4v) is 3.70. The highest BCUT2D eigenvalue weighted by atomic mass is 79.9. The number of aryl methyl sites for hydroxylation is 1. The number of carbonyl (C=O) groups is 2. The molecule has 0 aliphatic carbocycles. The van der Waals surface area contributed by atoms with Crippen LogP contribution in [0.5, 0.6) is 5.75 Å². The topological polar surface area (TPSA) is 123 Å². The summed E-state index contributed by atoms with van der Waals surface area (Å²) in [4.78, 5) is 23.2. The van der Waals surface area contributed by atoms with Gasteiger partial charge in [0.15, 0.2) is 0 Å². The van der Waals surface area contributed by atoms with E-state index < -0.39 is 10.4 Å². The third-order valence-electron chi connectivity index (χ3n) is 5.76. The summed E-state index contributed by atoms with van der Waals surface area (Å²) in [6.07, 6.45) is 3.25. The molecule has 8 nitrogen and oxygen atoms in total. The first-order chi connectivity index (χ1) is 16.4. The van der Waals surface area contributed by atoms with Crippen LogP contribution in [0.1, 0.15) is 71.9 Å². The molecule has 0 radical (unpaired) electrons. The van der Waals surface area contributed by atoms with Crippen LogP contribution in [0.4, 0.5) is 4.79 Å². The molecule has 4 N–H and O–H groups in total. The number of nitrogens with two attached hydrogens (primary N) is 1. The molecular weight excluding hydrogens is 510 g/mol. The maximum absolute atomic E-state index is 11.3. The Hall–Kier alpha value is -2.94. The predicted octanol–water partition coefficient (Wildman–Crippen LogP) is 5.51. The summed E-state index contributed by atoms with van der Waals surface area (Å²) >= 11 is 3.26. The van der Waals surface area contributed by atoms with Crippen LogP contribution in [0.15, 0.2) is 36.4 Å². The maximum atomic E-state index is 11.3. The molecule has 0 bridgehead atoms. The first-order valence-electron chi connectivity index (χ1n) is 11.8. The van der Waals surface area contributed by atoms with Crippen molar-refractivity contribution in [3.8, 4) is 11.4 Å². The first-order valence-corrected chi connectivity index (χ1v) is 12.6. The monoisotopic (exact) mass is 545 g/mol. The number of hydrogen-bond donors (Lipinski definition) is 3. The van der Waals surface area contributed by atoms with Crippen LogP contribution in [0, 0.1) is 0 Å². The van der Waals surface area contributed by atoms with E-state index in [1.165, 1.54) is 5.56 Å². The van der Waals surface area contributed by atoms with E-state index in [9.17, 15) is 14.7 Å². The summed E-state index contributed by atoms with van der Waals surface area (Å²) in [7, 11) is 0. The maximum Gasteiger partial charge on any atom is 0.318 e. The lowest BCUT2D eigenvalue weighted by atomic mass is 9.84. The lowest BCUT2D eigenvalue weighted by Gasteiger charge is -2.23. The van der Waals surface area contributed by atoms with Gasteiger partial charge in [-0.05, 0) is 48.4 Å². The smallest absolute Gasteiger partial charge is 0.318 e. The van der Waals surface area contributed by atoms with Gasteiger partial charge in [0.2, 0.25) is 5.91 Å². The van der Waals surface area contributed by atoms with Crippen LogP contribution in [0.3, 0.4) is 0 Å². The minimum Gasteiger partial charge on any atom is -0.505 e. The number of amides is 3. The third kappa shape index (κ3) is 7.04. The minimum absolute atomic E-state index is 0.144. The van der Waals surface area contributed by atoms with Gasteiger partial charge in [-0.1, -0.05) is 82.1 Å². The van der Waals surface area contributed by atoms with Gasteiger partial charge in [0.25, 0.3) is 0 Å². The van der Waals surface area contributed by atoms with Gasteiger partial charge in [-0.15, -0.1) is 15.0 Å². The Morgan fingerprint density at radius 2 is 1.60 bits per heavy atom. The van der Waals surface area contributed by atoms with E-state index in [1.54, 1.807) is 4.80 Å². The van der Waals surface area contributed by atoms with Crippen molar-refractivity contribution in [2.24, 2.45) is 5.73 Å². The lowest BCUT2D eigenvalue weighted by Crippen LogP contribution is -2.46. The van der Waals surface area contributed by atoms with Gasteiger partial charge in [-0.3, -0.25) is 10.1 Å². The van der Waals surface area contributed by atoms with E-state index in [-0.39, 0.29) is 17.1 Å². The van der Waals surface area contributed by atoms with Crippen molar-refractivity contribution in [3.05, 3.63) is 47.5 Å². The van der Waals surface area contributed by atoms with Crippen molar-refractivity contribution in [3.63, 3.8) is 0 Å². The average Bonchev–Trinajstić information content (AvgIpc) is 3.23. The van der Waals surface area contributed by atoms with E-state index in [0.29, 0.717) is 18.5 Å². The molecule has 9 heteroatoms. The molecule has 0 atom stereocenters. The number of hydrogen-bond acceptors (Lipinski definition) is 5. The minimum atomic E-state index is -0.814. The highest BCUT2D eigenvalue weighted by Gasteiger charge is 2.32. The summed E-state index contributed by atoms with van der Waals surface area (Å²) in [5.74, 6) is -0.113. The molecule has 0 aliphatic rings. The Balaban J connectivity index is 0.000000307. The Morgan fingerprint density at radius 1 is 1.06 bits per heavy atom. The van der Waals surface area contributed by atoms with E-state index in [0.717, 1.165) is 29.4 Å². The highest BCUT2D eigenvalue weighted by Crippen LogP contribution is 2.36. The zero-order chi connectivity index (χ0) is 26.4. The van der Waals surface area contributed by atoms with Gasteiger partial charge in [-0.25, -0.2) is 4.79 Å². The number of aromatic hydroxyl groups is 1. The molecule has 0 saturated carbocycles. The normalized spacial score (nSPS) is 11.6. The molecule has 3 rings (SSSR count). The Bertz CT molecular complexity index is 1150. The molecule has 0 saturated heterocycles. The zero-order valence-corrected chi connectivity index (χ0v) is 22.9. The molecule has 0 aliphatic heterocycles. The summed E-state index contributed by atoms with van der Waals surface area (Å²) < 4.78 is -0.665. The first kappa shape index (κ1) is 28.3. The fourth-order valence-electron chi connectivity index (χ4n) is 3.60. The molecule has 3 aromatic rings. The Morgan fingerprint density at radius 3 is 2.03 bits per heavy atom. The van der Waals surface area contributed by atoms with Crippen molar-refractivity contribution in [1.29, 1.82) is 0 Å². The lowest BCUT2D eigenvalue weighted by molar-refractivity contribution is -0.122. The molecular formula is C26H36BrN5O3. The number of phenols is 1. The number of nitrogens with one attached hydrogen (secondary N) is 1. The van der Waals surface area contributed by atoms with E-state index in [4.69, 9.17) is 5.73 Å². The van der Waals surface area contributed by atoms with Gasteiger partial charge in [0.05, 0.1) is 0 Å². The number of imide groups is 1. The molecule has 3 amide bonds. The Labute approximate surface area is 215 Å². The summed E-state index contributed by atoms with van der Waals surface area (Å²) in [5, 5.41) is 21.9. The number of alkyl halides is 1. The quantitative estimate of drug-likeness (QED) is 0.352. The number of rotatable bonds is 6. The number of benzene rings is 2. The highest BCUT2D eigenvalue weighted by molar-refractivity contribution is 9.10. The number of nitrogens with zero attached hydrogens (tertiary/aromatic N) is 3. The third-order valence-corrected chi connectivity index (χ3v) is 7.24. The van der Waals surface area contributed by atoms with Crippen LogP contribution in [0.2, 0.25) is 0 Å². The SMILES string of the molecule is CCC(Br)(CC)C(=O)NC(N)=O.CCCc1cc(-n2nc3ccccc3n2)c(O)c(C(C)(C)C)c1. The van der Waals surface area contributed by atoms with Gasteiger partial charge >= 0.3 is 6.03 Å². The Kier molecular flexibility index (Phi) is 9.43.